The second-order valence-electron chi connectivity index (χ2n) is 7.79. The molecule has 1 aromatic carbocycles. The molecule has 1 unspecified atom stereocenters. The Kier molecular flexibility index (Phi) is 6.50. The van der Waals surface area contributed by atoms with Crippen LogP contribution in [0, 0.1) is 0 Å². The van der Waals surface area contributed by atoms with Gasteiger partial charge in [-0.05, 0) is 56.1 Å². The number of anilines is 2. The third-order valence-electron chi connectivity index (χ3n) is 5.49. The number of ether oxygens (including phenoxy) is 2. The van der Waals surface area contributed by atoms with Crippen LogP contribution in [0.15, 0.2) is 48.9 Å². The van der Waals surface area contributed by atoms with E-state index < -0.39 is 0 Å². The van der Waals surface area contributed by atoms with Crippen LogP contribution >= 0.6 is 11.6 Å². The molecule has 0 aliphatic carbocycles. The Morgan fingerprint density at radius 3 is 2.91 bits per heavy atom. The summed E-state index contributed by atoms with van der Waals surface area (Å²) in [5.74, 6) is 1.64. The van der Waals surface area contributed by atoms with Gasteiger partial charge in [-0.3, -0.25) is 10.1 Å². The van der Waals surface area contributed by atoms with E-state index in [1.807, 2.05) is 30.3 Å². The first-order valence-electron chi connectivity index (χ1n) is 10.9. The van der Waals surface area contributed by atoms with Crippen LogP contribution in [0.1, 0.15) is 25.0 Å². The monoisotopic (exact) mass is 465 g/mol. The summed E-state index contributed by atoms with van der Waals surface area (Å²) >= 11 is 6.45. The molecule has 4 aromatic rings. The van der Waals surface area contributed by atoms with Gasteiger partial charge in [0.25, 0.3) is 0 Å². The van der Waals surface area contributed by atoms with Gasteiger partial charge in [-0.15, -0.1) is 5.10 Å². The summed E-state index contributed by atoms with van der Waals surface area (Å²) in [5, 5.41) is 15.1. The molecule has 33 heavy (non-hydrogen) atoms. The summed E-state index contributed by atoms with van der Waals surface area (Å²) in [6.45, 7) is 1.99. The molecule has 9 nitrogen and oxygen atoms in total. The molecule has 0 radical (unpaired) electrons. The molecular weight excluding hydrogens is 442 g/mol. The Balaban J connectivity index is 1.28. The second kappa shape index (κ2) is 10.0. The molecule has 5 rings (SSSR count). The number of fused-ring (bicyclic) bond motifs is 1. The second-order valence-corrected chi connectivity index (χ2v) is 8.19. The maximum absolute atomic E-state index is 6.45. The zero-order chi connectivity index (χ0) is 22.5. The van der Waals surface area contributed by atoms with Crippen molar-refractivity contribution in [3.05, 3.63) is 59.6 Å². The molecule has 3 N–H and O–H groups in total. The molecule has 0 bridgehead atoms. The fourth-order valence-corrected chi connectivity index (χ4v) is 4.04. The van der Waals surface area contributed by atoms with Crippen molar-refractivity contribution in [3.63, 3.8) is 0 Å². The van der Waals surface area contributed by atoms with Crippen molar-refractivity contribution < 1.29 is 9.47 Å². The summed E-state index contributed by atoms with van der Waals surface area (Å²) in [6.07, 6.45) is 6.53. The predicted molar refractivity (Wildman–Crippen MR) is 126 cm³/mol. The van der Waals surface area contributed by atoms with E-state index in [9.17, 15) is 0 Å². The van der Waals surface area contributed by atoms with Gasteiger partial charge < -0.3 is 20.1 Å². The molecule has 0 saturated carbocycles. The van der Waals surface area contributed by atoms with Crippen LogP contribution in [0.5, 0.6) is 11.6 Å². The van der Waals surface area contributed by atoms with E-state index in [0.29, 0.717) is 52.8 Å². The molecule has 0 amide bonds. The number of aromatic nitrogens is 5. The first kappa shape index (κ1) is 21.4. The minimum absolute atomic E-state index is 0.339. The fraction of sp³-hybridized carbons (Fsp3) is 0.304. The lowest BCUT2D eigenvalue weighted by Crippen LogP contribution is -2.23. The zero-order valence-electron chi connectivity index (χ0n) is 17.9. The number of hydrogen-bond donors (Lipinski definition) is 3. The molecule has 1 aliphatic heterocycles. The van der Waals surface area contributed by atoms with E-state index in [4.69, 9.17) is 21.1 Å². The first-order chi connectivity index (χ1) is 16.3. The highest BCUT2D eigenvalue weighted by Gasteiger charge is 2.17. The lowest BCUT2D eigenvalue weighted by Gasteiger charge is -2.12. The van der Waals surface area contributed by atoms with Crippen molar-refractivity contribution in [2.45, 2.75) is 31.9 Å². The Hall–Kier alpha value is -3.43. The average Bonchev–Trinajstić information content (AvgIpc) is 3.50. The van der Waals surface area contributed by atoms with Crippen LogP contribution in [0.3, 0.4) is 0 Å². The van der Waals surface area contributed by atoms with Crippen LogP contribution in [0.4, 0.5) is 11.5 Å². The maximum Gasteiger partial charge on any atom is 0.246 e. The van der Waals surface area contributed by atoms with Gasteiger partial charge in [-0.25, -0.2) is 9.97 Å². The minimum Gasteiger partial charge on any atom is -0.486 e. The van der Waals surface area contributed by atoms with Gasteiger partial charge in [0.2, 0.25) is 5.88 Å². The average molecular weight is 466 g/mol. The van der Waals surface area contributed by atoms with Gasteiger partial charge in [0.15, 0.2) is 5.65 Å². The van der Waals surface area contributed by atoms with Gasteiger partial charge in [0.05, 0.1) is 17.3 Å². The van der Waals surface area contributed by atoms with Gasteiger partial charge in [0, 0.05) is 17.9 Å². The molecule has 1 saturated heterocycles. The number of halogens is 1. The van der Waals surface area contributed by atoms with E-state index in [1.54, 1.807) is 12.3 Å². The van der Waals surface area contributed by atoms with Gasteiger partial charge >= 0.3 is 0 Å². The maximum atomic E-state index is 6.45. The summed E-state index contributed by atoms with van der Waals surface area (Å²) in [7, 11) is 0. The number of benzene rings is 1. The fourth-order valence-electron chi connectivity index (χ4n) is 3.80. The van der Waals surface area contributed by atoms with Gasteiger partial charge in [-0.2, -0.15) is 0 Å². The number of nitrogens with zero attached hydrogens (tertiary/aromatic N) is 4. The van der Waals surface area contributed by atoms with Crippen molar-refractivity contribution in [3.8, 4) is 11.6 Å². The highest BCUT2D eigenvalue weighted by molar-refractivity contribution is 6.32. The van der Waals surface area contributed by atoms with Crippen LogP contribution in [0.2, 0.25) is 5.02 Å². The van der Waals surface area contributed by atoms with Crippen molar-refractivity contribution >= 4 is 34.1 Å². The Labute approximate surface area is 195 Å². The Morgan fingerprint density at radius 2 is 2.09 bits per heavy atom. The van der Waals surface area contributed by atoms with Crippen LogP contribution in [-0.2, 0) is 6.61 Å². The number of pyridine rings is 1. The van der Waals surface area contributed by atoms with E-state index in [-0.39, 0.29) is 0 Å². The molecular formula is C23H24ClN7O2. The van der Waals surface area contributed by atoms with Crippen LogP contribution in [0.25, 0.3) is 11.0 Å². The van der Waals surface area contributed by atoms with Crippen molar-refractivity contribution in [2.75, 3.05) is 18.5 Å². The predicted octanol–water partition coefficient (Wildman–Crippen LogP) is 4.24. The topological polar surface area (TPSA) is 110 Å². The molecule has 1 fully saturated rings. The Bertz CT molecular complexity index is 1210. The molecule has 4 heterocycles. The molecule has 170 valence electrons. The van der Waals surface area contributed by atoms with E-state index in [2.05, 4.69) is 35.8 Å². The largest absolute Gasteiger partial charge is 0.486 e. The number of aromatic amines is 1. The molecule has 0 spiro atoms. The van der Waals surface area contributed by atoms with Gasteiger partial charge in [-0.1, -0.05) is 17.7 Å². The standard InChI is InChI=1S/C23H24ClN7O2/c24-18-12-16(6-7-19(18)33-13-17-4-1-2-9-26-17)29-21-20-22(28-14-27-21)30-31-23(20)32-11-8-15-5-3-10-25-15/h1-2,4,6-7,9,12,14-15,25H,3,5,8,10-11,13H2,(H2,27,28,29,30,31). The van der Waals surface area contributed by atoms with E-state index in [1.165, 1.54) is 19.2 Å². The minimum atomic E-state index is 0.339. The first-order valence-corrected chi connectivity index (χ1v) is 11.3. The summed E-state index contributed by atoms with van der Waals surface area (Å²) in [5.41, 5.74) is 2.19. The lowest BCUT2D eigenvalue weighted by molar-refractivity contribution is 0.284. The quantitative estimate of drug-likeness (QED) is 0.336. The van der Waals surface area contributed by atoms with Gasteiger partial charge in [0.1, 0.15) is 29.9 Å². The lowest BCUT2D eigenvalue weighted by atomic mass is 10.2. The normalized spacial score (nSPS) is 15.6. The zero-order valence-corrected chi connectivity index (χ0v) is 18.7. The summed E-state index contributed by atoms with van der Waals surface area (Å²) in [4.78, 5) is 12.9. The van der Waals surface area contributed by atoms with E-state index in [0.717, 1.165) is 24.3 Å². The third kappa shape index (κ3) is 5.15. The Morgan fingerprint density at radius 1 is 1.12 bits per heavy atom. The van der Waals surface area contributed by atoms with Crippen molar-refractivity contribution in [2.24, 2.45) is 0 Å². The highest BCUT2D eigenvalue weighted by atomic mass is 35.5. The summed E-state index contributed by atoms with van der Waals surface area (Å²) in [6, 6.07) is 11.7. The highest BCUT2D eigenvalue weighted by Crippen LogP contribution is 2.33. The molecule has 3 aromatic heterocycles. The van der Waals surface area contributed by atoms with Crippen LogP contribution in [-0.4, -0.2) is 44.3 Å². The number of hydrogen-bond acceptors (Lipinski definition) is 8. The number of nitrogens with one attached hydrogen (secondary N) is 3. The molecule has 1 atom stereocenters. The summed E-state index contributed by atoms with van der Waals surface area (Å²) < 4.78 is 11.8. The third-order valence-corrected chi connectivity index (χ3v) is 5.78. The number of rotatable bonds is 9. The smallest absolute Gasteiger partial charge is 0.246 e. The molecule has 1 aliphatic rings. The number of H-pyrrole nitrogens is 1. The van der Waals surface area contributed by atoms with Crippen molar-refractivity contribution in [1.29, 1.82) is 0 Å². The SMILES string of the molecule is Clc1cc(Nc2ncnc3[nH]nc(OCCC4CCCN4)c23)ccc1OCc1ccccn1. The van der Waals surface area contributed by atoms with E-state index >= 15 is 0 Å². The molecule has 10 heteroatoms. The van der Waals surface area contributed by atoms with Crippen LogP contribution < -0.4 is 20.1 Å². The van der Waals surface area contributed by atoms with Crippen molar-refractivity contribution in [1.82, 2.24) is 30.5 Å².